The quantitative estimate of drug-likeness (QED) is 0.613. The molecule has 0 bridgehead atoms. The first-order chi connectivity index (χ1) is 16.5. The fraction of sp³-hybridized carbons (Fsp3) is 0.462. The minimum atomic E-state index is -0.935. The number of amides is 2. The van der Waals surface area contributed by atoms with Gasteiger partial charge in [0.25, 0.3) is 0 Å². The van der Waals surface area contributed by atoms with Gasteiger partial charge in [0.1, 0.15) is 5.75 Å². The van der Waals surface area contributed by atoms with Crippen molar-refractivity contribution < 1.29 is 28.9 Å². The molecule has 1 fully saturated rings. The maximum Gasteiger partial charge on any atom is 0.320 e. The maximum atomic E-state index is 13.7. The summed E-state index contributed by atoms with van der Waals surface area (Å²) >= 11 is 0. The van der Waals surface area contributed by atoms with Crippen LogP contribution >= 0.6 is 0 Å². The highest BCUT2D eigenvalue weighted by Crippen LogP contribution is 2.48. The topological polar surface area (TPSA) is 88.5 Å². The van der Waals surface area contributed by atoms with Crippen LogP contribution in [0.3, 0.4) is 0 Å². The minimum absolute atomic E-state index is 0.133. The molecule has 3 unspecified atom stereocenters. The van der Waals surface area contributed by atoms with E-state index >= 15 is 0 Å². The maximum absolute atomic E-state index is 13.7. The molecule has 182 valence electrons. The van der Waals surface area contributed by atoms with Gasteiger partial charge in [-0.15, -0.1) is 0 Å². The summed E-state index contributed by atoms with van der Waals surface area (Å²) in [6, 6.07) is 12.1. The Hall–Kier alpha value is -3.42. The van der Waals surface area contributed by atoms with E-state index in [2.05, 4.69) is 6.92 Å². The molecule has 34 heavy (non-hydrogen) atoms. The Labute approximate surface area is 200 Å². The standard InChI is InChI=1S/C26H32N2O6/c1-4-6-13-27(5-2)26(31)28-15-20(18-9-12-21-22(14-18)34-16-33-21)23(25(29)30)24(28)17-7-10-19(32-3)11-8-17/h7-12,14,20,23-24H,4-6,13,15-16H2,1-3H3,(H,29,30). The molecule has 2 aromatic rings. The third-order valence-corrected chi connectivity index (χ3v) is 6.75. The van der Waals surface area contributed by atoms with Gasteiger partial charge in [0.2, 0.25) is 6.79 Å². The molecule has 4 rings (SSSR count). The van der Waals surface area contributed by atoms with E-state index < -0.39 is 23.8 Å². The average Bonchev–Trinajstić information content (AvgIpc) is 3.49. The highest BCUT2D eigenvalue weighted by molar-refractivity contribution is 5.80. The van der Waals surface area contributed by atoms with Crippen LogP contribution in [-0.2, 0) is 4.79 Å². The van der Waals surface area contributed by atoms with Crippen molar-refractivity contribution in [3.63, 3.8) is 0 Å². The number of benzene rings is 2. The molecule has 2 heterocycles. The summed E-state index contributed by atoms with van der Waals surface area (Å²) in [5, 5.41) is 10.4. The van der Waals surface area contributed by atoms with E-state index in [1.807, 2.05) is 37.3 Å². The summed E-state index contributed by atoms with van der Waals surface area (Å²) < 4.78 is 16.2. The number of methoxy groups -OCH3 is 1. The van der Waals surface area contributed by atoms with Crippen LogP contribution in [0.5, 0.6) is 17.2 Å². The van der Waals surface area contributed by atoms with Crippen molar-refractivity contribution in [3.05, 3.63) is 53.6 Å². The Morgan fingerprint density at radius 2 is 1.79 bits per heavy atom. The van der Waals surface area contributed by atoms with Gasteiger partial charge in [-0.2, -0.15) is 0 Å². The lowest BCUT2D eigenvalue weighted by Crippen LogP contribution is -2.44. The van der Waals surface area contributed by atoms with Crippen molar-refractivity contribution in [2.45, 2.75) is 38.6 Å². The van der Waals surface area contributed by atoms with E-state index in [0.29, 0.717) is 36.9 Å². The summed E-state index contributed by atoms with van der Waals surface area (Å²) in [5.74, 6) is -0.224. The predicted octanol–water partition coefficient (Wildman–Crippen LogP) is 4.51. The van der Waals surface area contributed by atoms with E-state index in [-0.39, 0.29) is 12.8 Å². The number of rotatable bonds is 8. The number of hydrogen-bond acceptors (Lipinski definition) is 5. The number of hydrogen-bond donors (Lipinski definition) is 1. The van der Waals surface area contributed by atoms with Gasteiger partial charge in [-0.25, -0.2) is 4.79 Å². The van der Waals surface area contributed by atoms with Crippen LogP contribution in [0.15, 0.2) is 42.5 Å². The Kier molecular flexibility index (Phi) is 7.14. The smallest absolute Gasteiger partial charge is 0.320 e. The largest absolute Gasteiger partial charge is 0.497 e. The number of carbonyl (C=O) groups is 2. The van der Waals surface area contributed by atoms with Gasteiger partial charge in [0, 0.05) is 25.6 Å². The highest BCUT2D eigenvalue weighted by atomic mass is 16.7. The number of fused-ring (bicyclic) bond motifs is 1. The number of ether oxygens (including phenoxy) is 3. The summed E-state index contributed by atoms with van der Waals surface area (Å²) in [6.07, 6.45) is 1.87. The first-order valence-corrected chi connectivity index (χ1v) is 11.8. The van der Waals surface area contributed by atoms with Gasteiger partial charge >= 0.3 is 12.0 Å². The minimum Gasteiger partial charge on any atom is -0.497 e. The first-order valence-electron chi connectivity index (χ1n) is 11.8. The summed E-state index contributed by atoms with van der Waals surface area (Å²) in [4.78, 5) is 29.9. The molecule has 1 saturated heterocycles. The fourth-order valence-electron chi connectivity index (χ4n) is 4.92. The summed E-state index contributed by atoms with van der Waals surface area (Å²) in [5.41, 5.74) is 1.60. The Morgan fingerprint density at radius 1 is 1.09 bits per heavy atom. The van der Waals surface area contributed by atoms with Gasteiger partial charge in [0.05, 0.1) is 19.1 Å². The molecule has 0 spiro atoms. The average molecular weight is 469 g/mol. The molecule has 3 atom stereocenters. The molecule has 2 aliphatic rings. The van der Waals surface area contributed by atoms with Crippen LogP contribution in [0.1, 0.15) is 49.8 Å². The van der Waals surface area contributed by atoms with Crippen LogP contribution in [-0.4, -0.2) is 60.4 Å². The second-order valence-corrected chi connectivity index (χ2v) is 8.67. The van der Waals surface area contributed by atoms with Gasteiger partial charge in [0.15, 0.2) is 11.5 Å². The SMILES string of the molecule is CCCCN(CC)C(=O)N1CC(c2ccc3c(c2)OCO3)C(C(=O)O)C1c1ccc(OC)cc1. The first kappa shape index (κ1) is 23.7. The molecular formula is C26H32N2O6. The van der Waals surface area contributed by atoms with E-state index in [1.165, 1.54) is 0 Å². The Bertz CT molecular complexity index is 1020. The normalized spacial score (nSPS) is 20.9. The van der Waals surface area contributed by atoms with E-state index in [0.717, 1.165) is 24.0 Å². The van der Waals surface area contributed by atoms with E-state index in [9.17, 15) is 14.7 Å². The molecule has 0 aromatic heterocycles. The van der Waals surface area contributed by atoms with Crippen LogP contribution in [0.2, 0.25) is 0 Å². The van der Waals surface area contributed by atoms with Gasteiger partial charge < -0.3 is 29.1 Å². The summed E-state index contributed by atoms with van der Waals surface area (Å²) in [7, 11) is 1.59. The molecule has 1 N–H and O–H groups in total. The van der Waals surface area contributed by atoms with Crippen molar-refractivity contribution in [2.75, 3.05) is 33.5 Å². The Balaban J connectivity index is 1.75. The van der Waals surface area contributed by atoms with Gasteiger partial charge in [-0.1, -0.05) is 31.5 Å². The molecule has 8 nitrogen and oxygen atoms in total. The van der Waals surface area contributed by atoms with Crippen molar-refractivity contribution in [2.24, 2.45) is 5.92 Å². The van der Waals surface area contributed by atoms with Crippen LogP contribution in [0.4, 0.5) is 4.79 Å². The number of carboxylic acids is 1. The molecule has 8 heteroatoms. The zero-order chi connectivity index (χ0) is 24.2. The second kappa shape index (κ2) is 10.2. The van der Waals surface area contributed by atoms with Crippen LogP contribution in [0.25, 0.3) is 0 Å². The lowest BCUT2D eigenvalue weighted by molar-refractivity contribution is -0.143. The number of likely N-dealkylation sites (tertiary alicyclic amines) is 1. The van der Waals surface area contributed by atoms with Gasteiger partial charge in [-0.05, 0) is 48.7 Å². The molecule has 0 radical (unpaired) electrons. The van der Waals surface area contributed by atoms with Crippen molar-refractivity contribution in [1.29, 1.82) is 0 Å². The molecule has 2 aliphatic heterocycles. The number of unbranched alkanes of at least 4 members (excludes halogenated alkanes) is 1. The van der Waals surface area contributed by atoms with E-state index in [4.69, 9.17) is 14.2 Å². The van der Waals surface area contributed by atoms with E-state index in [1.54, 1.807) is 29.0 Å². The number of carbonyl (C=O) groups excluding carboxylic acids is 1. The Morgan fingerprint density at radius 3 is 2.44 bits per heavy atom. The number of carboxylic acid groups (broad SMARTS) is 1. The van der Waals surface area contributed by atoms with Crippen molar-refractivity contribution in [1.82, 2.24) is 9.80 Å². The zero-order valence-electron chi connectivity index (χ0n) is 19.9. The third-order valence-electron chi connectivity index (χ3n) is 6.75. The highest BCUT2D eigenvalue weighted by Gasteiger charge is 2.50. The number of nitrogens with zero attached hydrogens (tertiary/aromatic N) is 2. The number of urea groups is 1. The van der Waals surface area contributed by atoms with Crippen LogP contribution < -0.4 is 14.2 Å². The lowest BCUT2D eigenvalue weighted by atomic mass is 9.83. The third kappa shape index (κ3) is 4.49. The van der Waals surface area contributed by atoms with Crippen molar-refractivity contribution in [3.8, 4) is 17.2 Å². The second-order valence-electron chi connectivity index (χ2n) is 8.67. The molecule has 0 aliphatic carbocycles. The molecule has 2 amide bonds. The predicted molar refractivity (Wildman–Crippen MR) is 126 cm³/mol. The monoisotopic (exact) mass is 468 g/mol. The summed E-state index contributed by atoms with van der Waals surface area (Å²) in [6.45, 7) is 5.70. The fourth-order valence-corrected chi connectivity index (χ4v) is 4.92. The molecule has 2 aromatic carbocycles. The van der Waals surface area contributed by atoms with Crippen molar-refractivity contribution >= 4 is 12.0 Å². The molecule has 0 saturated carbocycles. The van der Waals surface area contributed by atoms with Gasteiger partial charge in [-0.3, -0.25) is 4.79 Å². The zero-order valence-corrected chi connectivity index (χ0v) is 19.9. The van der Waals surface area contributed by atoms with Crippen LogP contribution in [0, 0.1) is 5.92 Å². The number of aliphatic carboxylic acids is 1. The molecular weight excluding hydrogens is 436 g/mol. The lowest BCUT2D eigenvalue weighted by Gasteiger charge is -2.32.